The highest BCUT2D eigenvalue weighted by atomic mass is 32.2. The van der Waals surface area contributed by atoms with E-state index in [0.29, 0.717) is 0 Å². The minimum Gasteiger partial charge on any atom is -0.490 e. The molecule has 2 aromatic rings. The third-order valence-corrected chi connectivity index (χ3v) is 5.34. The van der Waals surface area contributed by atoms with Gasteiger partial charge in [-0.1, -0.05) is 17.7 Å². The smallest absolute Gasteiger partial charge is 0.350 e. The zero-order chi connectivity index (χ0) is 17.9. The molecule has 0 spiro atoms. The molecule has 0 amide bonds. The minimum atomic E-state index is -4.00. The van der Waals surface area contributed by atoms with E-state index in [1.807, 2.05) is 6.92 Å². The van der Waals surface area contributed by atoms with Crippen LogP contribution in [0.15, 0.2) is 47.4 Å². The van der Waals surface area contributed by atoms with E-state index in [4.69, 9.17) is 11.3 Å². The molecule has 7 nitrogen and oxygen atoms in total. The normalized spacial score (nSPS) is 12.2. The monoisotopic (exact) mass is 346 g/mol. The number of hydrogen-bond acceptors (Lipinski definition) is 5. The molecule has 124 valence electrons. The largest absolute Gasteiger partial charge is 0.490 e. The molecule has 0 N–H and O–H groups in total. The zero-order valence-corrected chi connectivity index (χ0v) is 13.8. The number of sulfone groups is 1. The van der Waals surface area contributed by atoms with Crippen LogP contribution >= 0.6 is 0 Å². The summed E-state index contributed by atoms with van der Waals surface area (Å²) in [5.74, 6) is 0.000199. The van der Waals surface area contributed by atoms with E-state index in [-0.39, 0.29) is 21.9 Å². The van der Waals surface area contributed by atoms with Crippen LogP contribution in [0.25, 0.3) is 4.85 Å². The molecule has 0 saturated carbocycles. The number of ether oxygens (including phenoxy) is 1. The maximum atomic E-state index is 12.7. The number of nitro groups is 1. The predicted molar refractivity (Wildman–Crippen MR) is 87.4 cm³/mol. The molecule has 0 fully saturated rings. The number of hydrogen-bond donors (Lipinski definition) is 0. The quantitative estimate of drug-likeness (QED) is 0.470. The molecule has 0 saturated heterocycles. The molecule has 24 heavy (non-hydrogen) atoms. The Bertz CT molecular complexity index is 914. The highest BCUT2D eigenvalue weighted by molar-refractivity contribution is 7.91. The van der Waals surface area contributed by atoms with Crippen molar-refractivity contribution in [1.82, 2.24) is 0 Å². The molecular weight excluding hydrogens is 332 g/mol. The number of benzene rings is 2. The third-order valence-electron chi connectivity index (χ3n) is 3.45. The second-order valence-corrected chi connectivity index (χ2v) is 7.04. The van der Waals surface area contributed by atoms with Gasteiger partial charge >= 0.3 is 11.1 Å². The van der Waals surface area contributed by atoms with Gasteiger partial charge in [-0.2, -0.15) is 0 Å². The second-order valence-electron chi connectivity index (χ2n) is 5.03. The summed E-state index contributed by atoms with van der Waals surface area (Å²) in [5.41, 5.74) is 0.522. The van der Waals surface area contributed by atoms with E-state index in [0.717, 1.165) is 11.6 Å². The van der Waals surface area contributed by atoms with Crippen LogP contribution in [-0.4, -0.2) is 20.5 Å². The summed E-state index contributed by atoms with van der Waals surface area (Å²) in [6.07, 6.45) is 0. The van der Waals surface area contributed by atoms with Gasteiger partial charge in [0.1, 0.15) is 0 Å². The number of nitro benzene ring substituents is 1. The van der Waals surface area contributed by atoms with Crippen molar-refractivity contribution in [2.45, 2.75) is 17.2 Å². The van der Waals surface area contributed by atoms with Gasteiger partial charge in [0.15, 0.2) is 5.75 Å². The molecule has 2 rings (SSSR count). The zero-order valence-electron chi connectivity index (χ0n) is 13.0. The summed E-state index contributed by atoms with van der Waals surface area (Å²) in [7, 11) is -2.73. The topological polar surface area (TPSA) is 90.9 Å². The molecule has 8 heteroatoms. The standard InChI is InChI=1S/C16H14N2O5S/c1-11-4-7-13(8-5-11)24(21,22)16(17-2)12-6-9-15(23-3)14(10-12)18(19)20/h4-10,16H,1,3H3. The van der Waals surface area contributed by atoms with Gasteiger partial charge in [0, 0.05) is 6.07 Å². The average molecular weight is 346 g/mol. The van der Waals surface area contributed by atoms with Crippen LogP contribution in [0.3, 0.4) is 0 Å². The Morgan fingerprint density at radius 1 is 1.21 bits per heavy atom. The van der Waals surface area contributed by atoms with Gasteiger partial charge < -0.3 is 4.74 Å². The van der Waals surface area contributed by atoms with Gasteiger partial charge in [-0.05, 0) is 31.2 Å². The fraction of sp³-hybridized carbons (Fsp3) is 0.188. The summed E-state index contributed by atoms with van der Waals surface area (Å²) in [6.45, 7) is 9.08. The molecule has 2 aromatic carbocycles. The summed E-state index contributed by atoms with van der Waals surface area (Å²) in [5, 5.41) is 9.53. The van der Waals surface area contributed by atoms with E-state index in [1.54, 1.807) is 12.1 Å². The van der Waals surface area contributed by atoms with Crippen molar-refractivity contribution in [3.63, 3.8) is 0 Å². The van der Waals surface area contributed by atoms with Crippen LogP contribution in [-0.2, 0) is 9.84 Å². The molecule has 1 unspecified atom stereocenters. The molecular formula is C16H14N2O5S. The van der Waals surface area contributed by atoms with Crippen LogP contribution < -0.4 is 4.74 Å². The minimum absolute atomic E-state index is 0.000199. The molecule has 1 atom stereocenters. The second kappa shape index (κ2) is 6.68. The lowest BCUT2D eigenvalue weighted by molar-refractivity contribution is -0.385. The van der Waals surface area contributed by atoms with Gasteiger partial charge in [0.05, 0.1) is 22.5 Å². The van der Waals surface area contributed by atoms with Crippen molar-refractivity contribution in [3.05, 3.63) is 75.1 Å². The van der Waals surface area contributed by atoms with E-state index in [2.05, 4.69) is 4.85 Å². The van der Waals surface area contributed by atoms with Gasteiger partial charge in [-0.15, -0.1) is 0 Å². The van der Waals surface area contributed by atoms with Crippen molar-refractivity contribution in [2.75, 3.05) is 7.11 Å². The van der Waals surface area contributed by atoms with E-state index in [1.165, 1.54) is 31.4 Å². The van der Waals surface area contributed by atoms with Gasteiger partial charge in [0.2, 0.25) is 0 Å². The Hall–Kier alpha value is -2.92. The Morgan fingerprint density at radius 2 is 1.83 bits per heavy atom. The van der Waals surface area contributed by atoms with Gasteiger partial charge in [0.25, 0.3) is 9.84 Å². The fourth-order valence-corrected chi connectivity index (χ4v) is 3.60. The summed E-state index contributed by atoms with van der Waals surface area (Å²) in [6, 6.07) is 9.79. The van der Waals surface area contributed by atoms with E-state index < -0.39 is 20.1 Å². The van der Waals surface area contributed by atoms with Gasteiger partial charge in [-0.3, -0.25) is 15.0 Å². The highest BCUT2D eigenvalue weighted by Gasteiger charge is 2.36. The van der Waals surface area contributed by atoms with E-state index >= 15 is 0 Å². The first-order valence-electron chi connectivity index (χ1n) is 6.80. The van der Waals surface area contributed by atoms with Crippen LogP contribution in [0.1, 0.15) is 16.5 Å². The highest BCUT2D eigenvalue weighted by Crippen LogP contribution is 2.35. The number of nitrogens with zero attached hydrogens (tertiary/aromatic N) is 2. The Morgan fingerprint density at radius 3 is 2.33 bits per heavy atom. The SMILES string of the molecule is [C-]#[N+]C(c1ccc(OC)c([N+](=O)[O-])c1)S(=O)(=O)c1ccc(C)cc1. The van der Waals surface area contributed by atoms with Crippen molar-refractivity contribution in [2.24, 2.45) is 0 Å². The van der Waals surface area contributed by atoms with Crippen molar-refractivity contribution < 1.29 is 18.1 Å². The van der Waals surface area contributed by atoms with Crippen LogP contribution in [0, 0.1) is 23.6 Å². The molecule has 0 bridgehead atoms. The fourth-order valence-electron chi connectivity index (χ4n) is 2.18. The summed E-state index contributed by atoms with van der Waals surface area (Å²) < 4.78 is 30.3. The molecule has 0 heterocycles. The lowest BCUT2D eigenvalue weighted by Crippen LogP contribution is -2.11. The first kappa shape index (κ1) is 17.4. The predicted octanol–water partition coefficient (Wildman–Crippen LogP) is 3.30. The van der Waals surface area contributed by atoms with Crippen LogP contribution in [0.2, 0.25) is 0 Å². The van der Waals surface area contributed by atoms with Gasteiger partial charge in [-0.25, -0.2) is 15.0 Å². The number of aryl methyl sites for hydroxylation is 1. The third kappa shape index (κ3) is 3.21. The Kier molecular flexibility index (Phi) is 4.85. The Labute approximate surface area is 139 Å². The maximum Gasteiger partial charge on any atom is 0.350 e. The molecule has 0 aromatic heterocycles. The van der Waals surface area contributed by atoms with Crippen molar-refractivity contribution >= 4 is 15.5 Å². The Balaban J connectivity index is 2.56. The number of methoxy groups -OCH3 is 1. The molecule has 0 aliphatic heterocycles. The lowest BCUT2D eigenvalue weighted by Gasteiger charge is -2.09. The van der Waals surface area contributed by atoms with Crippen LogP contribution in [0.5, 0.6) is 5.75 Å². The lowest BCUT2D eigenvalue weighted by atomic mass is 10.2. The first-order chi connectivity index (χ1) is 11.3. The summed E-state index contributed by atoms with van der Waals surface area (Å²) >= 11 is 0. The molecule has 0 aliphatic carbocycles. The maximum absolute atomic E-state index is 12.7. The molecule has 0 radical (unpaired) electrons. The number of rotatable bonds is 5. The summed E-state index contributed by atoms with van der Waals surface area (Å²) in [4.78, 5) is 13.6. The van der Waals surface area contributed by atoms with Crippen molar-refractivity contribution in [3.8, 4) is 5.75 Å². The van der Waals surface area contributed by atoms with Crippen LogP contribution in [0.4, 0.5) is 5.69 Å². The van der Waals surface area contributed by atoms with Crippen molar-refractivity contribution in [1.29, 1.82) is 0 Å². The first-order valence-corrected chi connectivity index (χ1v) is 8.35. The molecule has 0 aliphatic rings. The van der Waals surface area contributed by atoms with E-state index in [9.17, 15) is 18.5 Å². The average Bonchev–Trinajstić information content (AvgIpc) is 2.55.